The lowest BCUT2D eigenvalue weighted by molar-refractivity contribution is 0.300. The van der Waals surface area contributed by atoms with Crippen molar-refractivity contribution < 1.29 is 9.47 Å². The first-order chi connectivity index (χ1) is 13.1. The molecule has 2 N–H and O–H groups in total. The molecule has 0 aromatic heterocycles. The highest BCUT2D eigenvalue weighted by molar-refractivity contribution is 9.10. The van der Waals surface area contributed by atoms with Crippen molar-refractivity contribution in [3.63, 3.8) is 0 Å². The second-order valence-corrected chi connectivity index (χ2v) is 7.88. The summed E-state index contributed by atoms with van der Waals surface area (Å²) in [5.74, 6) is 2.29. The molecule has 0 atom stereocenters. The Kier molecular flexibility index (Phi) is 7.59. The number of nitrogens with one attached hydrogen (secondary N) is 2. The van der Waals surface area contributed by atoms with Gasteiger partial charge in [0.25, 0.3) is 0 Å². The molecular weight excluding hydrogens is 428 g/mol. The SMILES string of the molecule is C=CCOc1cc(CNCC2CNC2)cc(OCc2ccc(Cl)cc2Br)c1. The van der Waals surface area contributed by atoms with Crippen LogP contribution < -0.4 is 20.1 Å². The van der Waals surface area contributed by atoms with E-state index in [4.69, 9.17) is 21.1 Å². The third kappa shape index (κ3) is 6.25. The van der Waals surface area contributed by atoms with Gasteiger partial charge in [0.15, 0.2) is 0 Å². The molecule has 0 aliphatic carbocycles. The van der Waals surface area contributed by atoms with Crippen molar-refractivity contribution in [2.24, 2.45) is 5.92 Å². The zero-order valence-corrected chi connectivity index (χ0v) is 17.5. The minimum atomic E-state index is 0.448. The van der Waals surface area contributed by atoms with Crippen molar-refractivity contribution >= 4 is 27.5 Å². The smallest absolute Gasteiger partial charge is 0.123 e. The van der Waals surface area contributed by atoms with Crippen LogP contribution in [-0.4, -0.2) is 26.2 Å². The first kappa shape index (κ1) is 20.2. The van der Waals surface area contributed by atoms with E-state index in [0.29, 0.717) is 18.2 Å². The third-order valence-corrected chi connectivity index (χ3v) is 5.32. The Labute approximate surface area is 174 Å². The van der Waals surface area contributed by atoms with E-state index in [1.54, 1.807) is 6.08 Å². The van der Waals surface area contributed by atoms with Crippen molar-refractivity contribution in [1.82, 2.24) is 10.6 Å². The molecule has 1 aliphatic heterocycles. The minimum Gasteiger partial charge on any atom is -0.489 e. The molecule has 0 spiro atoms. The summed E-state index contributed by atoms with van der Waals surface area (Å²) in [4.78, 5) is 0. The lowest BCUT2D eigenvalue weighted by Crippen LogP contribution is -2.47. The van der Waals surface area contributed by atoms with E-state index < -0.39 is 0 Å². The summed E-state index contributed by atoms with van der Waals surface area (Å²) >= 11 is 9.53. The quantitative estimate of drug-likeness (QED) is 0.520. The van der Waals surface area contributed by atoms with Gasteiger partial charge in [-0.1, -0.05) is 46.3 Å². The molecule has 1 heterocycles. The number of benzene rings is 2. The molecule has 1 fully saturated rings. The fraction of sp³-hybridized carbons (Fsp3) is 0.333. The standard InChI is InChI=1S/C21H24BrClN2O2/c1-2-5-26-19-6-15(10-24-11-16-12-25-13-16)7-20(9-19)27-14-17-3-4-18(23)8-21(17)22/h2-4,6-9,16,24-25H,1,5,10-14H2. The van der Waals surface area contributed by atoms with E-state index in [9.17, 15) is 0 Å². The van der Waals surface area contributed by atoms with Crippen LogP contribution in [0.4, 0.5) is 0 Å². The summed E-state index contributed by atoms with van der Waals surface area (Å²) in [7, 11) is 0. The van der Waals surface area contributed by atoms with Crippen LogP contribution in [-0.2, 0) is 13.2 Å². The van der Waals surface area contributed by atoms with Gasteiger partial charge in [-0.25, -0.2) is 0 Å². The van der Waals surface area contributed by atoms with Gasteiger partial charge < -0.3 is 20.1 Å². The van der Waals surface area contributed by atoms with Crippen molar-refractivity contribution in [1.29, 1.82) is 0 Å². The van der Waals surface area contributed by atoms with Crippen LogP contribution in [0.2, 0.25) is 5.02 Å². The van der Waals surface area contributed by atoms with Gasteiger partial charge in [0.1, 0.15) is 24.7 Å². The maximum atomic E-state index is 6.02. The zero-order chi connectivity index (χ0) is 19.1. The van der Waals surface area contributed by atoms with Crippen molar-refractivity contribution in [3.05, 3.63) is 69.7 Å². The van der Waals surface area contributed by atoms with E-state index >= 15 is 0 Å². The van der Waals surface area contributed by atoms with Crippen LogP contribution in [0.3, 0.4) is 0 Å². The summed E-state index contributed by atoms with van der Waals surface area (Å²) in [6.07, 6.45) is 1.74. The van der Waals surface area contributed by atoms with Gasteiger partial charge in [0.05, 0.1) is 0 Å². The molecule has 1 aliphatic rings. The minimum absolute atomic E-state index is 0.448. The molecule has 27 heavy (non-hydrogen) atoms. The van der Waals surface area contributed by atoms with E-state index in [1.165, 1.54) is 0 Å². The van der Waals surface area contributed by atoms with Crippen LogP contribution in [0.1, 0.15) is 11.1 Å². The first-order valence-electron chi connectivity index (χ1n) is 9.00. The van der Waals surface area contributed by atoms with Crippen LogP contribution in [0, 0.1) is 5.92 Å². The van der Waals surface area contributed by atoms with Crippen LogP contribution >= 0.6 is 27.5 Å². The van der Waals surface area contributed by atoms with Gasteiger partial charge in [-0.3, -0.25) is 0 Å². The largest absolute Gasteiger partial charge is 0.489 e. The monoisotopic (exact) mass is 450 g/mol. The molecule has 0 unspecified atom stereocenters. The molecule has 0 saturated carbocycles. The van der Waals surface area contributed by atoms with E-state index in [0.717, 1.165) is 59.2 Å². The Bertz CT molecular complexity index is 781. The molecule has 6 heteroatoms. The molecular formula is C21H24BrClN2O2. The Morgan fingerprint density at radius 3 is 2.63 bits per heavy atom. The predicted octanol–water partition coefficient (Wildman–Crippen LogP) is 4.56. The van der Waals surface area contributed by atoms with Gasteiger partial charge in [-0.05, 0) is 35.7 Å². The summed E-state index contributed by atoms with van der Waals surface area (Å²) in [6, 6.07) is 11.7. The van der Waals surface area contributed by atoms with Gasteiger partial charge in [-0.2, -0.15) is 0 Å². The zero-order valence-electron chi connectivity index (χ0n) is 15.1. The summed E-state index contributed by atoms with van der Waals surface area (Å²) in [5.41, 5.74) is 2.17. The number of hydrogen-bond donors (Lipinski definition) is 2. The van der Waals surface area contributed by atoms with E-state index in [1.807, 2.05) is 30.3 Å². The molecule has 144 valence electrons. The fourth-order valence-corrected chi connectivity index (χ4v) is 3.56. The van der Waals surface area contributed by atoms with Crippen LogP contribution in [0.15, 0.2) is 53.5 Å². The number of ether oxygens (including phenoxy) is 2. The number of hydrogen-bond acceptors (Lipinski definition) is 4. The average Bonchev–Trinajstić information content (AvgIpc) is 2.61. The van der Waals surface area contributed by atoms with Crippen LogP contribution in [0.5, 0.6) is 11.5 Å². The first-order valence-corrected chi connectivity index (χ1v) is 10.2. The van der Waals surface area contributed by atoms with Gasteiger partial charge in [-0.15, -0.1) is 0 Å². The van der Waals surface area contributed by atoms with E-state index in [2.05, 4.69) is 39.2 Å². The van der Waals surface area contributed by atoms with Crippen LogP contribution in [0.25, 0.3) is 0 Å². The predicted molar refractivity (Wildman–Crippen MR) is 114 cm³/mol. The Morgan fingerprint density at radius 1 is 1.19 bits per heavy atom. The van der Waals surface area contributed by atoms with Gasteiger partial charge in [0, 0.05) is 47.3 Å². The highest BCUT2D eigenvalue weighted by atomic mass is 79.9. The lowest BCUT2D eigenvalue weighted by atomic mass is 10.0. The fourth-order valence-electron chi connectivity index (χ4n) is 2.77. The maximum absolute atomic E-state index is 6.02. The number of halogens is 2. The molecule has 0 bridgehead atoms. The van der Waals surface area contributed by atoms with Gasteiger partial charge >= 0.3 is 0 Å². The summed E-state index contributed by atoms with van der Waals surface area (Å²) in [5, 5.41) is 7.49. The van der Waals surface area contributed by atoms with E-state index in [-0.39, 0.29) is 0 Å². The molecule has 2 aromatic rings. The van der Waals surface area contributed by atoms with Crippen molar-refractivity contribution in [2.45, 2.75) is 13.2 Å². The second-order valence-electron chi connectivity index (χ2n) is 6.59. The average molecular weight is 452 g/mol. The summed E-state index contributed by atoms with van der Waals surface area (Å²) in [6.45, 7) is 8.61. The van der Waals surface area contributed by atoms with Gasteiger partial charge in [0.2, 0.25) is 0 Å². The normalized spacial score (nSPS) is 13.9. The highest BCUT2D eigenvalue weighted by Gasteiger charge is 2.15. The summed E-state index contributed by atoms with van der Waals surface area (Å²) < 4.78 is 12.7. The molecule has 0 amide bonds. The molecule has 2 aromatic carbocycles. The molecule has 1 saturated heterocycles. The highest BCUT2D eigenvalue weighted by Crippen LogP contribution is 2.26. The Balaban J connectivity index is 1.65. The van der Waals surface area contributed by atoms with Crippen molar-refractivity contribution in [2.75, 3.05) is 26.2 Å². The second kappa shape index (κ2) is 10.1. The number of rotatable bonds is 10. The third-order valence-electron chi connectivity index (χ3n) is 4.35. The lowest BCUT2D eigenvalue weighted by Gasteiger charge is -2.27. The topological polar surface area (TPSA) is 42.5 Å². The van der Waals surface area contributed by atoms with Crippen molar-refractivity contribution in [3.8, 4) is 11.5 Å². The molecule has 3 rings (SSSR count). The molecule has 0 radical (unpaired) electrons. The Morgan fingerprint density at radius 2 is 1.96 bits per heavy atom. The maximum Gasteiger partial charge on any atom is 0.123 e. The molecule has 4 nitrogen and oxygen atoms in total. The Hall–Kier alpha value is -1.53.